The van der Waals surface area contributed by atoms with Gasteiger partial charge >= 0.3 is 5.51 Å². The van der Waals surface area contributed by atoms with Crippen molar-refractivity contribution in [2.75, 3.05) is 0 Å². The first-order chi connectivity index (χ1) is 5.47. The Labute approximate surface area is 76.7 Å². The van der Waals surface area contributed by atoms with E-state index in [1.165, 1.54) is 6.08 Å². The maximum Gasteiger partial charge on any atom is 0.446 e. The predicted octanol–water partition coefficient (Wildman–Crippen LogP) is 2.93. The topological polar surface area (TPSA) is 12.4 Å². The molecule has 1 rings (SSSR count). The maximum absolute atomic E-state index is 11.8. The van der Waals surface area contributed by atoms with Crippen LogP contribution in [0.25, 0.3) is 0 Å². The Morgan fingerprint density at radius 2 is 2.17 bits per heavy atom. The lowest BCUT2D eigenvalue weighted by Crippen LogP contribution is -2.04. The molecule has 0 aliphatic carbocycles. The van der Waals surface area contributed by atoms with Gasteiger partial charge in [0.25, 0.3) is 0 Å². The Morgan fingerprint density at radius 1 is 1.50 bits per heavy atom. The van der Waals surface area contributed by atoms with E-state index in [-0.39, 0.29) is 16.7 Å². The third-order valence-electron chi connectivity index (χ3n) is 1.05. The molecule has 0 saturated carbocycles. The molecule has 1 aliphatic heterocycles. The van der Waals surface area contributed by atoms with Crippen LogP contribution < -0.4 is 0 Å². The lowest BCUT2D eigenvalue weighted by atomic mass is 10.3. The molecule has 6 heteroatoms. The minimum absolute atomic E-state index is 0.108. The van der Waals surface area contributed by atoms with Gasteiger partial charge in [0.15, 0.2) is 0 Å². The van der Waals surface area contributed by atoms with E-state index in [2.05, 4.69) is 17.2 Å². The molecule has 0 radical (unpaired) electrons. The van der Waals surface area contributed by atoms with Gasteiger partial charge in [0, 0.05) is 17.5 Å². The van der Waals surface area contributed by atoms with Crippen LogP contribution in [0.4, 0.5) is 13.2 Å². The van der Waals surface area contributed by atoms with Crippen LogP contribution >= 0.6 is 24.0 Å². The fraction of sp³-hybridized carbons (Fsp3) is 0.333. The van der Waals surface area contributed by atoms with Crippen molar-refractivity contribution in [1.82, 2.24) is 0 Å². The van der Waals surface area contributed by atoms with E-state index in [4.69, 9.17) is 0 Å². The minimum atomic E-state index is -4.24. The van der Waals surface area contributed by atoms with E-state index in [1.54, 1.807) is 0 Å². The zero-order valence-corrected chi connectivity index (χ0v) is 7.39. The Bertz CT molecular complexity index is 254. The summed E-state index contributed by atoms with van der Waals surface area (Å²) in [5.41, 5.74) is -4.24. The molecule has 0 unspecified atom stereocenters. The van der Waals surface area contributed by atoms with Gasteiger partial charge in [0.1, 0.15) is 4.99 Å². The van der Waals surface area contributed by atoms with Crippen molar-refractivity contribution >= 4 is 35.2 Å². The molecule has 0 aromatic carbocycles. The number of nitrogens with zero attached hydrogens (tertiary/aromatic N) is 1. The van der Waals surface area contributed by atoms with E-state index >= 15 is 0 Å². The fourth-order valence-electron chi connectivity index (χ4n) is 0.631. The third kappa shape index (κ3) is 3.36. The number of rotatable bonds is 1. The number of aliphatic imine (C=N–C) groups is 1. The lowest BCUT2D eigenvalue weighted by molar-refractivity contribution is -0.0321. The van der Waals surface area contributed by atoms with Crippen molar-refractivity contribution in [3.63, 3.8) is 0 Å². The van der Waals surface area contributed by atoms with Gasteiger partial charge in [-0.25, -0.2) is 4.99 Å². The molecule has 0 N–H and O–H groups in total. The monoisotopic (exact) mass is 211 g/mol. The molecule has 0 amide bonds. The van der Waals surface area contributed by atoms with Crippen LogP contribution in [0, 0.1) is 0 Å². The highest BCUT2D eigenvalue weighted by Gasteiger charge is 2.30. The zero-order valence-electron chi connectivity index (χ0n) is 5.76. The molecule has 66 valence electrons. The summed E-state index contributed by atoms with van der Waals surface area (Å²) in [5.74, 6) is 0. The standard InChI is InChI=1S/C6H4F3NS2/c7-6(8,9)12-4-1-2-5(11)10-3-4/h1,3H,2H2. The average Bonchev–Trinajstić information content (AvgIpc) is 1.91. The van der Waals surface area contributed by atoms with Crippen LogP contribution in [0.1, 0.15) is 6.42 Å². The second-order valence-corrected chi connectivity index (χ2v) is 3.62. The Kier molecular flexibility index (Phi) is 2.89. The zero-order chi connectivity index (χ0) is 9.19. The van der Waals surface area contributed by atoms with Gasteiger partial charge in [-0.3, -0.25) is 0 Å². The van der Waals surface area contributed by atoms with Crippen LogP contribution in [0.15, 0.2) is 16.0 Å². The molecule has 1 aliphatic rings. The number of hydrogen-bond acceptors (Lipinski definition) is 2. The molecule has 0 bridgehead atoms. The van der Waals surface area contributed by atoms with Crippen molar-refractivity contribution < 1.29 is 13.2 Å². The highest BCUT2D eigenvalue weighted by Crippen LogP contribution is 2.36. The van der Waals surface area contributed by atoms with Gasteiger partial charge in [-0.2, -0.15) is 13.2 Å². The quantitative estimate of drug-likeness (QED) is 0.618. The second kappa shape index (κ2) is 3.57. The molecule has 0 aromatic heterocycles. The summed E-state index contributed by atoms with van der Waals surface area (Å²) in [6.07, 6.45) is 2.89. The van der Waals surface area contributed by atoms with Crippen molar-refractivity contribution in [1.29, 1.82) is 0 Å². The Morgan fingerprint density at radius 3 is 2.58 bits per heavy atom. The molecular formula is C6H4F3NS2. The number of thiocarbonyl (C=S) groups is 1. The first kappa shape index (κ1) is 9.73. The van der Waals surface area contributed by atoms with Crippen molar-refractivity contribution in [2.24, 2.45) is 4.99 Å². The third-order valence-corrected chi connectivity index (χ3v) is 2.06. The smallest absolute Gasteiger partial charge is 0.248 e. The first-order valence-electron chi connectivity index (χ1n) is 3.00. The number of thioether (sulfide) groups is 1. The molecular weight excluding hydrogens is 207 g/mol. The van der Waals surface area contributed by atoms with E-state index in [9.17, 15) is 13.2 Å². The molecule has 0 fully saturated rings. The minimum Gasteiger partial charge on any atom is -0.248 e. The number of allylic oxidation sites excluding steroid dienone is 1. The SMILES string of the molecule is FC(F)(F)SC1=CCC(=S)N=C1. The van der Waals surface area contributed by atoms with E-state index in [0.717, 1.165) is 6.21 Å². The number of dihydropyridines is 1. The van der Waals surface area contributed by atoms with E-state index < -0.39 is 5.51 Å². The summed E-state index contributed by atoms with van der Waals surface area (Å²) >= 11 is 4.50. The molecule has 12 heavy (non-hydrogen) atoms. The van der Waals surface area contributed by atoms with Crippen LogP contribution in [0.3, 0.4) is 0 Å². The summed E-state index contributed by atoms with van der Waals surface area (Å²) < 4.78 is 35.3. The van der Waals surface area contributed by atoms with Gasteiger partial charge in [0.2, 0.25) is 0 Å². The van der Waals surface area contributed by atoms with Gasteiger partial charge < -0.3 is 0 Å². The summed E-state index contributed by atoms with van der Waals surface area (Å²) in [6.45, 7) is 0. The lowest BCUT2D eigenvalue weighted by Gasteiger charge is -2.08. The van der Waals surface area contributed by atoms with Crippen molar-refractivity contribution in [2.45, 2.75) is 11.9 Å². The molecule has 0 aromatic rings. The molecule has 0 spiro atoms. The summed E-state index contributed by atoms with van der Waals surface area (Å²) in [5, 5.41) is 0. The largest absolute Gasteiger partial charge is 0.446 e. The van der Waals surface area contributed by atoms with Gasteiger partial charge in [-0.1, -0.05) is 18.3 Å². The van der Waals surface area contributed by atoms with Crippen molar-refractivity contribution in [3.05, 3.63) is 11.0 Å². The predicted molar refractivity (Wildman–Crippen MR) is 47.4 cm³/mol. The van der Waals surface area contributed by atoms with Gasteiger partial charge in [-0.15, -0.1) is 0 Å². The summed E-state index contributed by atoms with van der Waals surface area (Å²) in [4.78, 5) is 4.14. The number of hydrogen-bond donors (Lipinski definition) is 0. The van der Waals surface area contributed by atoms with Crippen LogP contribution in [-0.2, 0) is 0 Å². The van der Waals surface area contributed by atoms with Crippen LogP contribution in [-0.4, -0.2) is 16.7 Å². The summed E-state index contributed by atoms with van der Waals surface area (Å²) in [7, 11) is 0. The fourth-order valence-corrected chi connectivity index (χ4v) is 1.31. The molecule has 1 nitrogen and oxygen atoms in total. The Hall–Kier alpha value is -0.360. The second-order valence-electron chi connectivity index (χ2n) is 2.01. The van der Waals surface area contributed by atoms with Crippen LogP contribution in [0.5, 0.6) is 0 Å². The van der Waals surface area contributed by atoms with Gasteiger partial charge in [-0.05, 0) is 11.8 Å². The first-order valence-corrected chi connectivity index (χ1v) is 4.23. The maximum atomic E-state index is 11.8. The molecule has 0 atom stereocenters. The Balaban J connectivity index is 2.57. The summed E-state index contributed by atoms with van der Waals surface area (Å²) in [6, 6.07) is 0. The van der Waals surface area contributed by atoms with Gasteiger partial charge in [0.05, 0.1) is 0 Å². The van der Waals surface area contributed by atoms with E-state index in [0.29, 0.717) is 11.4 Å². The normalized spacial score (nSPS) is 17.9. The molecule has 0 saturated heterocycles. The van der Waals surface area contributed by atoms with Crippen molar-refractivity contribution in [3.8, 4) is 0 Å². The molecule has 1 heterocycles. The van der Waals surface area contributed by atoms with Crippen LogP contribution in [0.2, 0.25) is 0 Å². The van der Waals surface area contributed by atoms with E-state index in [1.807, 2.05) is 0 Å². The highest BCUT2D eigenvalue weighted by molar-refractivity contribution is 8.04. The number of halogens is 3. The average molecular weight is 211 g/mol. The highest BCUT2D eigenvalue weighted by atomic mass is 32.2. The number of alkyl halides is 3.